The lowest BCUT2D eigenvalue weighted by molar-refractivity contribution is -0.137. The minimum Gasteiger partial charge on any atom is -0.445 e. The third-order valence-corrected chi connectivity index (χ3v) is 5.84. The van der Waals surface area contributed by atoms with Crippen LogP contribution in [0.3, 0.4) is 0 Å². The molecule has 0 radical (unpaired) electrons. The fourth-order valence-corrected chi connectivity index (χ4v) is 4.05. The molecule has 37 heavy (non-hydrogen) atoms. The van der Waals surface area contributed by atoms with Crippen molar-refractivity contribution in [2.24, 2.45) is 0 Å². The molecule has 2 N–H and O–H groups in total. The van der Waals surface area contributed by atoms with Crippen molar-refractivity contribution in [1.29, 1.82) is 0 Å². The van der Waals surface area contributed by atoms with E-state index in [9.17, 15) is 24.0 Å². The van der Waals surface area contributed by atoms with Gasteiger partial charge in [-0.1, -0.05) is 60.7 Å². The van der Waals surface area contributed by atoms with Gasteiger partial charge in [0.1, 0.15) is 24.7 Å². The summed E-state index contributed by atoms with van der Waals surface area (Å²) in [6, 6.07) is 17.0. The Morgan fingerprint density at radius 1 is 1.03 bits per heavy atom. The highest BCUT2D eigenvalue weighted by atomic mass is 16.5. The maximum Gasteiger partial charge on any atom is 0.408 e. The van der Waals surface area contributed by atoms with Crippen LogP contribution in [0, 0.1) is 0 Å². The Balaban J connectivity index is 1.68. The minimum atomic E-state index is -0.955. The number of ketones is 1. The molecule has 0 saturated carbocycles. The largest absolute Gasteiger partial charge is 0.445 e. The number of Topliss-reactive ketones (excluding diaryl/α,β-unsaturated/α-hetero) is 1. The summed E-state index contributed by atoms with van der Waals surface area (Å²) < 4.78 is 5.30. The van der Waals surface area contributed by atoms with E-state index in [1.165, 1.54) is 11.8 Å². The summed E-state index contributed by atoms with van der Waals surface area (Å²) in [6.45, 7) is 2.57. The van der Waals surface area contributed by atoms with E-state index in [2.05, 4.69) is 10.6 Å². The number of aldehydes is 1. The average molecular weight is 509 g/mol. The third-order valence-electron chi connectivity index (χ3n) is 5.84. The first-order valence-corrected chi connectivity index (χ1v) is 12.1. The Bertz CT molecular complexity index is 1080. The zero-order valence-corrected chi connectivity index (χ0v) is 20.8. The van der Waals surface area contributed by atoms with Gasteiger partial charge in [0.15, 0.2) is 0 Å². The van der Waals surface area contributed by atoms with Gasteiger partial charge in [0, 0.05) is 32.6 Å². The molecule has 1 aliphatic heterocycles. The van der Waals surface area contributed by atoms with Crippen molar-refractivity contribution in [2.45, 2.75) is 38.6 Å². The van der Waals surface area contributed by atoms with Gasteiger partial charge in [0.25, 0.3) is 0 Å². The smallest absolute Gasteiger partial charge is 0.408 e. The molecular formula is C27H32N4O6. The molecule has 3 amide bonds. The summed E-state index contributed by atoms with van der Waals surface area (Å²) in [5.41, 5.74) is 1.86. The number of nitrogens with one attached hydrogen (secondary N) is 2. The van der Waals surface area contributed by atoms with Gasteiger partial charge in [0.05, 0.1) is 12.6 Å². The standard InChI is InChI=1S/C27H32N4O6/c1-20(33)14-23(18-32)28-25(34)17-31-13-12-30(15-21-8-4-2-5-9-21)16-24(26(31)35)29-27(36)37-19-22-10-6-3-7-11-22/h2-11,18,23-24H,12-17,19H2,1H3,(H,28,34)(H,29,36). The number of hydrogen-bond donors (Lipinski definition) is 2. The predicted molar refractivity (Wildman–Crippen MR) is 135 cm³/mol. The quantitative estimate of drug-likeness (QED) is 0.438. The minimum absolute atomic E-state index is 0.0522. The van der Waals surface area contributed by atoms with Crippen LogP contribution >= 0.6 is 0 Å². The normalized spacial score (nSPS) is 16.8. The number of alkyl carbamates (subject to hydrolysis) is 1. The van der Waals surface area contributed by atoms with Crippen LogP contribution in [-0.2, 0) is 37.1 Å². The van der Waals surface area contributed by atoms with Crippen molar-refractivity contribution in [2.75, 3.05) is 26.2 Å². The molecule has 2 aromatic rings. The topological polar surface area (TPSA) is 125 Å². The van der Waals surface area contributed by atoms with Gasteiger partial charge in [-0.2, -0.15) is 0 Å². The van der Waals surface area contributed by atoms with Gasteiger partial charge in [-0.25, -0.2) is 4.79 Å². The summed E-state index contributed by atoms with van der Waals surface area (Å²) in [4.78, 5) is 64.4. The van der Waals surface area contributed by atoms with Crippen molar-refractivity contribution in [3.63, 3.8) is 0 Å². The number of nitrogens with zero attached hydrogens (tertiary/aromatic N) is 2. The van der Waals surface area contributed by atoms with E-state index in [1.54, 1.807) is 0 Å². The molecular weight excluding hydrogens is 476 g/mol. The van der Waals surface area contributed by atoms with Gasteiger partial charge in [-0.15, -0.1) is 0 Å². The lowest BCUT2D eigenvalue weighted by atomic mass is 10.1. The van der Waals surface area contributed by atoms with Crippen LogP contribution in [0.25, 0.3) is 0 Å². The van der Waals surface area contributed by atoms with Crippen LogP contribution in [0.1, 0.15) is 24.5 Å². The second-order valence-corrected chi connectivity index (χ2v) is 8.96. The van der Waals surface area contributed by atoms with Crippen LogP contribution in [0.5, 0.6) is 0 Å². The number of hydrogen-bond acceptors (Lipinski definition) is 7. The van der Waals surface area contributed by atoms with Crippen molar-refractivity contribution in [3.05, 3.63) is 71.8 Å². The van der Waals surface area contributed by atoms with Crippen LogP contribution in [0.4, 0.5) is 4.79 Å². The maximum atomic E-state index is 13.3. The lowest BCUT2D eigenvalue weighted by Gasteiger charge is -2.24. The van der Waals surface area contributed by atoms with Gasteiger partial charge >= 0.3 is 6.09 Å². The SMILES string of the molecule is CC(=O)CC(C=O)NC(=O)CN1CCN(Cc2ccccc2)CC(NC(=O)OCc2ccccc2)C1=O. The summed E-state index contributed by atoms with van der Waals surface area (Å²) >= 11 is 0. The molecule has 2 atom stereocenters. The molecule has 10 nitrogen and oxygen atoms in total. The molecule has 2 unspecified atom stereocenters. The van der Waals surface area contributed by atoms with Crippen molar-refractivity contribution in [3.8, 4) is 0 Å². The number of benzene rings is 2. The third kappa shape index (κ3) is 9.16. The van der Waals surface area contributed by atoms with E-state index in [1.807, 2.05) is 65.6 Å². The molecule has 0 aromatic heterocycles. The second-order valence-electron chi connectivity index (χ2n) is 8.96. The molecule has 1 aliphatic rings. The number of carbonyl (C=O) groups excluding carboxylic acids is 5. The first-order chi connectivity index (χ1) is 17.8. The van der Waals surface area contributed by atoms with Gasteiger partial charge < -0.3 is 25.1 Å². The average Bonchev–Trinajstić information content (AvgIpc) is 3.02. The molecule has 196 valence electrons. The highest BCUT2D eigenvalue weighted by Gasteiger charge is 2.33. The summed E-state index contributed by atoms with van der Waals surface area (Å²) in [7, 11) is 0. The summed E-state index contributed by atoms with van der Waals surface area (Å²) in [5, 5.41) is 5.13. The van der Waals surface area contributed by atoms with E-state index in [-0.39, 0.29) is 38.4 Å². The lowest BCUT2D eigenvalue weighted by Crippen LogP contribution is -2.53. The van der Waals surface area contributed by atoms with Crippen molar-refractivity contribution in [1.82, 2.24) is 20.4 Å². The van der Waals surface area contributed by atoms with Crippen molar-refractivity contribution < 1.29 is 28.7 Å². The first-order valence-electron chi connectivity index (χ1n) is 12.1. The summed E-state index contributed by atoms with van der Waals surface area (Å²) in [5.74, 6) is -1.23. The van der Waals surface area contributed by atoms with Gasteiger partial charge in [-0.3, -0.25) is 19.3 Å². The molecule has 10 heteroatoms. The van der Waals surface area contributed by atoms with Gasteiger partial charge in [0.2, 0.25) is 11.8 Å². The summed E-state index contributed by atoms with van der Waals surface area (Å²) in [6.07, 6.45) is -0.361. The monoisotopic (exact) mass is 508 g/mol. The Hall–Kier alpha value is -4.05. The van der Waals surface area contributed by atoms with Crippen LogP contribution in [-0.4, -0.2) is 78.0 Å². The Labute approximate surface area is 215 Å². The number of ether oxygens (including phenoxy) is 1. The zero-order chi connectivity index (χ0) is 26.6. The first kappa shape index (κ1) is 27.5. The predicted octanol–water partition coefficient (Wildman–Crippen LogP) is 1.29. The Kier molecular flexibility index (Phi) is 10.3. The van der Waals surface area contributed by atoms with Crippen LogP contribution in [0.2, 0.25) is 0 Å². The molecule has 1 heterocycles. The number of carbonyl (C=O) groups is 5. The van der Waals surface area contributed by atoms with E-state index >= 15 is 0 Å². The molecule has 0 bridgehead atoms. The Morgan fingerprint density at radius 2 is 1.68 bits per heavy atom. The molecule has 3 rings (SSSR count). The van der Waals surface area contributed by atoms with E-state index in [0.717, 1.165) is 11.1 Å². The number of amides is 3. The van der Waals surface area contributed by atoms with Crippen LogP contribution in [0.15, 0.2) is 60.7 Å². The van der Waals surface area contributed by atoms with Gasteiger partial charge in [-0.05, 0) is 18.1 Å². The van der Waals surface area contributed by atoms with E-state index in [0.29, 0.717) is 19.4 Å². The molecule has 1 saturated heterocycles. The molecule has 0 spiro atoms. The Morgan fingerprint density at radius 3 is 2.30 bits per heavy atom. The van der Waals surface area contributed by atoms with Crippen molar-refractivity contribution >= 4 is 30.0 Å². The zero-order valence-electron chi connectivity index (χ0n) is 20.8. The van der Waals surface area contributed by atoms with E-state index < -0.39 is 30.0 Å². The molecule has 0 aliphatic carbocycles. The molecule has 2 aromatic carbocycles. The van der Waals surface area contributed by atoms with E-state index in [4.69, 9.17) is 4.74 Å². The fourth-order valence-electron chi connectivity index (χ4n) is 4.05. The maximum absolute atomic E-state index is 13.3. The highest BCUT2D eigenvalue weighted by Crippen LogP contribution is 2.11. The highest BCUT2D eigenvalue weighted by molar-refractivity contribution is 5.91. The molecule has 1 fully saturated rings. The fraction of sp³-hybridized carbons (Fsp3) is 0.370. The number of rotatable bonds is 11. The second kappa shape index (κ2) is 13.9. The van der Waals surface area contributed by atoms with Crippen LogP contribution < -0.4 is 10.6 Å².